The second-order valence-electron chi connectivity index (χ2n) is 7.03. The van der Waals surface area contributed by atoms with Gasteiger partial charge in [0.1, 0.15) is 18.1 Å². The number of hydrogen-bond acceptors (Lipinski definition) is 6. The quantitative estimate of drug-likeness (QED) is 0.366. The largest absolute Gasteiger partial charge is 0.368 e. The molecule has 10 nitrogen and oxygen atoms in total. The molecular weight excluding hydrogens is 352 g/mol. The lowest BCUT2D eigenvalue weighted by atomic mass is 10.1. The molecule has 0 radical (unpaired) electrons. The third-order valence-corrected chi connectivity index (χ3v) is 5.23. The molecule has 2 rings (SSSR count). The van der Waals surface area contributed by atoms with Crippen LogP contribution >= 0.6 is 0 Å². The van der Waals surface area contributed by atoms with Crippen LogP contribution in [-0.2, 0) is 19.2 Å². The van der Waals surface area contributed by atoms with Crippen molar-refractivity contribution in [3.63, 3.8) is 0 Å². The monoisotopic (exact) mass is 382 g/mol. The van der Waals surface area contributed by atoms with E-state index >= 15 is 0 Å². The summed E-state index contributed by atoms with van der Waals surface area (Å²) >= 11 is 0. The molecule has 0 aromatic carbocycles. The van der Waals surface area contributed by atoms with Gasteiger partial charge >= 0.3 is 0 Å². The van der Waals surface area contributed by atoms with E-state index in [1.807, 2.05) is 0 Å². The Labute approximate surface area is 158 Å². The minimum atomic E-state index is -0.795. The van der Waals surface area contributed by atoms with Gasteiger partial charge in [0, 0.05) is 13.1 Å². The highest BCUT2D eigenvalue weighted by molar-refractivity contribution is 5.94. The van der Waals surface area contributed by atoms with Gasteiger partial charge in [0.2, 0.25) is 23.6 Å². The van der Waals surface area contributed by atoms with Crippen molar-refractivity contribution in [1.29, 1.82) is 0 Å². The summed E-state index contributed by atoms with van der Waals surface area (Å²) in [5.74, 6) is -1.53. The second kappa shape index (κ2) is 9.65. The molecule has 0 aliphatic carbocycles. The number of primary amides is 1. The average Bonchev–Trinajstić information content (AvgIpc) is 3.33. The number of nitrogens with two attached hydrogens (primary N) is 3. The Morgan fingerprint density at radius 2 is 1.63 bits per heavy atom. The third kappa shape index (κ3) is 4.95. The molecule has 0 aromatic rings. The van der Waals surface area contributed by atoms with Crippen molar-refractivity contribution in [3.8, 4) is 0 Å². The summed E-state index contributed by atoms with van der Waals surface area (Å²) < 4.78 is 0. The van der Waals surface area contributed by atoms with Gasteiger partial charge in [-0.05, 0) is 45.1 Å². The van der Waals surface area contributed by atoms with Gasteiger partial charge in [-0.15, -0.1) is 0 Å². The molecule has 2 aliphatic rings. The van der Waals surface area contributed by atoms with Crippen LogP contribution in [0.3, 0.4) is 0 Å². The van der Waals surface area contributed by atoms with Crippen molar-refractivity contribution in [2.24, 2.45) is 17.2 Å². The molecule has 2 aliphatic heterocycles. The van der Waals surface area contributed by atoms with Gasteiger partial charge in [0.25, 0.3) is 0 Å². The van der Waals surface area contributed by atoms with Crippen LogP contribution in [0.15, 0.2) is 0 Å². The SMILES string of the molecule is NCCC[C@H](NC(=O)[C@@H]1CCCN1C(=O)CN)C(=O)N1CCC[C@H]1C(N)=O. The predicted octanol–water partition coefficient (Wildman–Crippen LogP) is -2.36. The maximum atomic E-state index is 13.0. The van der Waals surface area contributed by atoms with Gasteiger partial charge in [0.05, 0.1) is 6.54 Å². The topological polar surface area (TPSA) is 165 Å². The molecule has 10 heteroatoms. The lowest BCUT2D eigenvalue weighted by Crippen LogP contribution is -2.56. The molecular formula is C17H30N6O4. The molecule has 0 bridgehead atoms. The predicted molar refractivity (Wildman–Crippen MR) is 97.9 cm³/mol. The zero-order valence-corrected chi connectivity index (χ0v) is 15.6. The minimum Gasteiger partial charge on any atom is -0.368 e. The molecule has 2 heterocycles. The molecule has 0 saturated carbocycles. The summed E-state index contributed by atoms with van der Waals surface area (Å²) in [5.41, 5.74) is 16.4. The molecule has 3 atom stereocenters. The molecule has 0 aromatic heterocycles. The Morgan fingerprint density at radius 1 is 1.00 bits per heavy atom. The Balaban J connectivity index is 2.09. The number of likely N-dealkylation sites (tertiary alicyclic amines) is 2. The van der Waals surface area contributed by atoms with Gasteiger partial charge in [0.15, 0.2) is 0 Å². The summed E-state index contributed by atoms with van der Waals surface area (Å²) in [6.07, 6.45) is 3.37. The summed E-state index contributed by atoms with van der Waals surface area (Å²) in [5, 5.41) is 2.77. The van der Waals surface area contributed by atoms with Crippen molar-refractivity contribution in [1.82, 2.24) is 15.1 Å². The van der Waals surface area contributed by atoms with E-state index in [4.69, 9.17) is 17.2 Å². The van der Waals surface area contributed by atoms with E-state index in [-0.39, 0.29) is 24.3 Å². The first kappa shape index (κ1) is 21.1. The van der Waals surface area contributed by atoms with E-state index in [1.54, 1.807) is 0 Å². The van der Waals surface area contributed by atoms with Crippen LogP contribution < -0.4 is 22.5 Å². The Kier molecular flexibility index (Phi) is 7.55. The first-order chi connectivity index (χ1) is 12.9. The van der Waals surface area contributed by atoms with E-state index in [0.29, 0.717) is 58.2 Å². The highest BCUT2D eigenvalue weighted by atomic mass is 16.2. The number of nitrogens with zero attached hydrogens (tertiary/aromatic N) is 2. The lowest BCUT2D eigenvalue weighted by Gasteiger charge is -2.30. The van der Waals surface area contributed by atoms with Crippen LogP contribution in [0.5, 0.6) is 0 Å². The van der Waals surface area contributed by atoms with Gasteiger partial charge in [-0.2, -0.15) is 0 Å². The number of nitrogens with one attached hydrogen (secondary N) is 1. The molecule has 7 N–H and O–H groups in total. The zero-order valence-electron chi connectivity index (χ0n) is 15.6. The van der Waals surface area contributed by atoms with E-state index in [0.717, 1.165) is 0 Å². The molecule has 0 unspecified atom stereocenters. The van der Waals surface area contributed by atoms with Crippen molar-refractivity contribution < 1.29 is 19.2 Å². The van der Waals surface area contributed by atoms with Crippen molar-refractivity contribution in [3.05, 3.63) is 0 Å². The van der Waals surface area contributed by atoms with Crippen molar-refractivity contribution >= 4 is 23.6 Å². The number of amides is 4. The maximum Gasteiger partial charge on any atom is 0.245 e. The fraction of sp³-hybridized carbons (Fsp3) is 0.765. The molecule has 152 valence electrons. The first-order valence-electron chi connectivity index (χ1n) is 9.50. The molecule has 0 spiro atoms. The molecule has 2 fully saturated rings. The van der Waals surface area contributed by atoms with Crippen LogP contribution in [0.1, 0.15) is 38.5 Å². The smallest absolute Gasteiger partial charge is 0.245 e. The maximum absolute atomic E-state index is 13.0. The second-order valence-corrected chi connectivity index (χ2v) is 7.03. The zero-order chi connectivity index (χ0) is 20.0. The Morgan fingerprint density at radius 3 is 2.22 bits per heavy atom. The molecule has 27 heavy (non-hydrogen) atoms. The summed E-state index contributed by atoms with van der Waals surface area (Å²) in [7, 11) is 0. The summed E-state index contributed by atoms with van der Waals surface area (Å²) in [4.78, 5) is 52.1. The van der Waals surface area contributed by atoms with Crippen LogP contribution in [0.25, 0.3) is 0 Å². The third-order valence-electron chi connectivity index (χ3n) is 5.23. The molecule has 4 amide bonds. The van der Waals surface area contributed by atoms with Crippen LogP contribution in [0, 0.1) is 0 Å². The van der Waals surface area contributed by atoms with Gasteiger partial charge in [-0.3, -0.25) is 19.2 Å². The fourth-order valence-corrected chi connectivity index (χ4v) is 3.83. The Bertz CT molecular complexity index is 584. The van der Waals surface area contributed by atoms with E-state index in [2.05, 4.69) is 5.32 Å². The normalized spacial score (nSPS) is 23.3. The van der Waals surface area contributed by atoms with Crippen LogP contribution in [0.2, 0.25) is 0 Å². The van der Waals surface area contributed by atoms with Crippen molar-refractivity contribution in [2.45, 2.75) is 56.7 Å². The van der Waals surface area contributed by atoms with Gasteiger partial charge in [-0.25, -0.2) is 0 Å². The standard InChI is InChI=1S/C17H30N6O4/c18-7-1-4-11(17(27)23-9-2-5-12(23)15(20)25)21-16(26)13-6-3-8-22(13)14(24)10-19/h11-13H,1-10,18-19H2,(H2,20,25)(H,21,26)/t11-,12-,13-/m0/s1. The Hall–Kier alpha value is -2.20. The molecule has 2 saturated heterocycles. The van der Waals surface area contributed by atoms with Crippen molar-refractivity contribution in [2.75, 3.05) is 26.2 Å². The number of carbonyl (C=O) groups is 4. The number of rotatable bonds is 8. The fourth-order valence-electron chi connectivity index (χ4n) is 3.83. The van der Waals surface area contributed by atoms with E-state index < -0.39 is 24.0 Å². The summed E-state index contributed by atoms with van der Waals surface area (Å²) in [6, 6.07) is -2.06. The lowest BCUT2D eigenvalue weighted by molar-refractivity contribution is -0.142. The van der Waals surface area contributed by atoms with E-state index in [1.165, 1.54) is 9.80 Å². The van der Waals surface area contributed by atoms with Crippen LogP contribution in [-0.4, -0.2) is 77.7 Å². The number of carbonyl (C=O) groups excluding carboxylic acids is 4. The average molecular weight is 382 g/mol. The van der Waals surface area contributed by atoms with Gasteiger partial charge < -0.3 is 32.3 Å². The number of hydrogen-bond donors (Lipinski definition) is 4. The van der Waals surface area contributed by atoms with E-state index in [9.17, 15) is 19.2 Å². The first-order valence-corrected chi connectivity index (χ1v) is 9.50. The summed E-state index contributed by atoms with van der Waals surface area (Å²) in [6.45, 7) is 1.13. The minimum absolute atomic E-state index is 0.159. The highest BCUT2D eigenvalue weighted by Crippen LogP contribution is 2.21. The highest BCUT2D eigenvalue weighted by Gasteiger charge is 2.39. The van der Waals surface area contributed by atoms with Crippen LogP contribution in [0.4, 0.5) is 0 Å². The van der Waals surface area contributed by atoms with Gasteiger partial charge in [-0.1, -0.05) is 0 Å².